The summed E-state index contributed by atoms with van der Waals surface area (Å²) in [6.07, 6.45) is -0.614. The van der Waals surface area contributed by atoms with Crippen LogP contribution in [0.2, 0.25) is 0 Å². The lowest BCUT2D eigenvalue weighted by atomic mass is 10.1. The molecule has 0 radical (unpaired) electrons. The van der Waals surface area contributed by atoms with Crippen molar-refractivity contribution in [3.8, 4) is 33.8 Å². The quantitative estimate of drug-likeness (QED) is 0.450. The van der Waals surface area contributed by atoms with E-state index in [-0.39, 0.29) is 12.5 Å². The third-order valence-corrected chi connectivity index (χ3v) is 5.55. The van der Waals surface area contributed by atoms with Crippen molar-refractivity contribution in [2.24, 2.45) is 0 Å². The zero-order chi connectivity index (χ0) is 19.9. The number of fused-ring (bicyclic) bond motifs is 2. The molecule has 0 amide bonds. The van der Waals surface area contributed by atoms with E-state index in [0.717, 1.165) is 34.0 Å². The maximum Gasteiger partial charge on any atom is 0.226 e. The average Bonchev–Trinajstić information content (AvgIpc) is 3.43. The van der Waals surface area contributed by atoms with Crippen molar-refractivity contribution < 1.29 is 9.47 Å². The highest BCUT2D eigenvalue weighted by Gasteiger charge is 2.36. The first-order chi connectivity index (χ1) is 14.8. The van der Waals surface area contributed by atoms with Gasteiger partial charge in [-0.2, -0.15) is 0 Å². The number of ether oxygens (including phenoxy) is 2. The summed E-state index contributed by atoms with van der Waals surface area (Å²) in [5, 5.41) is 6.92. The normalized spacial score (nSPS) is 18.4. The van der Waals surface area contributed by atoms with Gasteiger partial charge in [0.1, 0.15) is 11.5 Å². The number of benzene rings is 4. The van der Waals surface area contributed by atoms with Crippen LogP contribution in [0.1, 0.15) is 0 Å². The molecule has 0 aliphatic carbocycles. The van der Waals surface area contributed by atoms with Gasteiger partial charge in [-0.15, -0.1) is 0 Å². The standard InChI is InChI=1S/C26H20N2O2/c1-3-7-17(8-4-1)19-11-13-23-21(15-19)27-25(29-23)26-28-22-16-20(12-14-24(22)30-26)18-9-5-2-6-10-18/h1-16,25-28H/t25-,26-/m1/s1. The van der Waals surface area contributed by atoms with Gasteiger partial charge in [0, 0.05) is 0 Å². The molecular formula is C26H20N2O2. The topological polar surface area (TPSA) is 42.5 Å². The highest BCUT2D eigenvalue weighted by molar-refractivity contribution is 5.75. The monoisotopic (exact) mass is 392 g/mol. The second-order valence-electron chi connectivity index (χ2n) is 7.52. The minimum Gasteiger partial charge on any atom is -0.462 e. The first kappa shape index (κ1) is 17.0. The van der Waals surface area contributed by atoms with Crippen LogP contribution in [-0.4, -0.2) is 12.5 Å². The second-order valence-corrected chi connectivity index (χ2v) is 7.52. The summed E-state index contributed by atoms with van der Waals surface area (Å²) in [5.74, 6) is 1.68. The van der Waals surface area contributed by atoms with Crippen LogP contribution in [0.4, 0.5) is 11.4 Å². The molecule has 2 aliphatic rings. The lowest BCUT2D eigenvalue weighted by Crippen LogP contribution is -2.41. The molecule has 0 aromatic heterocycles. The third-order valence-electron chi connectivity index (χ3n) is 5.55. The summed E-state index contributed by atoms with van der Waals surface area (Å²) in [4.78, 5) is 0. The summed E-state index contributed by atoms with van der Waals surface area (Å²) < 4.78 is 12.3. The molecule has 0 saturated carbocycles. The lowest BCUT2D eigenvalue weighted by Gasteiger charge is -2.18. The summed E-state index contributed by atoms with van der Waals surface area (Å²) in [6.45, 7) is 0. The number of anilines is 2. The molecule has 0 spiro atoms. The molecule has 30 heavy (non-hydrogen) atoms. The van der Waals surface area contributed by atoms with Crippen LogP contribution in [0.5, 0.6) is 11.5 Å². The molecule has 2 heterocycles. The molecular weight excluding hydrogens is 372 g/mol. The van der Waals surface area contributed by atoms with Gasteiger partial charge in [0.05, 0.1) is 11.4 Å². The summed E-state index contributed by atoms with van der Waals surface area (Å²) in [6, 6.07) is 33.1. The highest BCUT2D eigenvalue weighted by atomic mass is 16.6. The maximum absolute atomic E-state index is 6.13. The van der Waals surface area contributed by atoms with E-state index >= 15 is 0 Å². The van der Waals surface area contributed by atoms with Crippen molar-refractivity contribution in [1.29, 1.82) is 0 Å². The molecule has 146 valence electrons. The van der Waals surface area contributed by atoms with Crippen LogP contribution in [0, 0.1) is 0 Å². The second kappa shape index (κ2) is 6.85. The van der Waals surface area contributed by atoms with Crippen LogP contribution in [0.15, 0.2) is 97.1 Å². The van der Waals surface area contributed by atoms with Crippen LogP contribution in [0.3, 0.4) is 0 Å². The van der Waals surface area contributed by atoms with Gasteiger partial charge >= 0.3 is 0 Å². The summed E-state index contributed by atoms with van der Waals surface area (Å²) >= 11 is 0. The molecule has 4 heteroatoms. The number of rotatable bonds is 3. The van der Waals surface area contributed by atoms with Gasteiger partial charge in [-0.3, -0.25) is 0 Å². The Bertz CT molecular complexity index is 1110. The Morgan fingerprint density at radius 2 is 0.900 bits per heavy atom. The van der Waals surface area contributed by atoms with Crippen molar-refractivity contribution in [2.45, 2.75) is 12.5 Å². The van der Waals surface area contributed by atoms with E-state index in [9.17, 15) is 0 Å². The summed E-state index contributed by atoms with van der Waals surface area (Å²) in [7, 11) is 0. The van der Waals surface area contributed by atoms with Crippen LogP contribution in [-0.2, 0) is 0 Å². The molecule has 4 nitrogen and oxygen atoms in total. The van der Waals surface area contributed by atoms with Crippen molar-refractivity contribution in [3.63, 3.8) is 0 Å². The fourth-order valence-electron chi connectivity index (χ4n) is 4.03. The maximum atomic E-state index is 6.13. The van der Waals surface area contributed by atoms with Crippen LogP contribution in [0.25, 0.3) is 22.3 Å². The van der Waals surface area contributed by atoms with Crippen LogP contribution >= 0.6 is 0 Å². The molecule has 0 fully saturated rings. The first-order valence-corrected chi connectivity index (χ1v) is 10.1. The molecule has 6 rings (SSSR count). The SMILES string of the molecule is c1ccc(-c2ccc3c(c2)N[C@@H]([C@@H]2Nc4cc(-c5ccccc5)ccc4O2)O3)cc1. The van der Waals surface area contributed by atoms with E-state index < -0.39 is 0 Å². The average molecular weight is 392 g/mol. The Morgan fingerprint density at radius 3 is 1.33 bits per heavy atom. The number of nitrogens with one attached hydrogen (secondary N) is 2. The molecule has 2 aliphatic heterocycles. The van der Waals surface area contributed by atoms with E-state index in [0.29, 0.717) is 0 Å². The predicted molar refractivity (Wildman–Crippen MR) is 120 cm³/mol. The Labute approximate surface area is 175 Å². The van der Waals surface area contributed by atoms with Gasteiger partial charge in [-0.05, 0) is 46.5 Å². The van der Waals surface area contributed by atoms with Crippen molar-refractivity contribution in [3.05, 3.63) is 97.1 Å². The van der Waals surface area contributed by atoms with Crippen molar-refractivity contribution >= 4 is 11.4 Å². The molecule has 2 N–H and O–H groups in total. The molecule has 4 aromatic carbocycles. The zero-order valence-corrected chi connectivity index (χ0v) is 16.2. The van der Waals surface area contributed by atoms with E-state index in [1.54, 1.807) is 0 Å². The minimum absolute atomic E-state index is 0.307. The Hall–Kier alpha value is -3.92. The third kappa shape index (κ3) is 2.94. The van der Waals surface area contributed by atoms with Crippen LogP contribution < -0.4 is 20.1 Å². The van der Waals surface area contributed by atoms with Gasteiger partial charge in [0.2, 0.25) is 12.5 Å². The van der Waals surface area contributed by atoms with Gasteiger partial charge in [0.25, 0.3) is 0 Å². The van der Waals surface area contributed by atoms with Crippen molar-refractivity contribution in [2.75, 3.05) is 10.6 Å². The van der Waals surface area contributed by atoms with E-state index in [2.05, 4.69) is 59.2 Å². The Morgan fingerprint density at radius 1 is 0.467 bits per heavy atom. The molecule has 0 bridgehead atoms. The Balaban J connectivity index is 1.21. The predicted octanol–water partition coefficient (Wildman–Crippen LogP) is 5.98. The highest BCUT2D eigenvalue weighted by Crippen LogP contribution is 2.41. The fourth-order valence-corrected chi connectivity index (χ4v) is 4.03. The van der Waals surface area contributed by atoms with Gasteiger partial charge < -0.3 is 20.1 Å². The molecule has 0 unspecified atom stereocenters. The fraction of sp³-hybridized carbons (Fsp3) is 0.0769. The van der Waals surface area contributed by atoms with E-state index in [1.807, 2.05) is 48.5 Å². The smallest absolute Gasteiger partial charge is 0.226 e. The van der Waals surface area contributed by atoms with E-state index in [4.69, 9.17) is 9.47 Å². The summed E-state index contributed by atoms with van der Waals surface area (Å²) in [5.41, 5.74) is 6.63. The largest absolute Gasteiger partial charge is 0.462 e. The lowest BCUT2D eigenvalue weighted by molar-refractivity contribution is 0.113. The zero-order valence-electron chi connectivity index (χ0n) is 16.2. The Kier molecular flexibility index (Phi) is 3.88. The number of hydrogen-bond acceptors (Lipinski definition) is 4. The van der Waals surface area contributed by atoms with Gasteiger partial charge in [-0.1, -0.05) is 72.8 Å². The molecule has 2 atom stereocenters. The first-order valence-electron chi connectivity index (χ1n) is 10.1. The minimum atomic E-state index is -0.307. The number of hydrogen-bond donors (Lipinski definition) is 2. The van der Waals surface area contributed by atoms with Gasteiger partial charge in [-0.25, -0.2) is 0 Å². The van der Waals surface area contributed by atoms with Crippen molar-refractivity contribution in [1.82, 2.24) is 0 Å². The van der Waals surface area contributed by atoms with E-state index in [1.165, 1.54) is 11.1 Å². The van der Waals surface area contributed by atoms with Gasteiger partial charge in [0.15, 0.2) is 0 Å². The molecule has 4 aromatic rings. The molecule has 0 saturated heterocycles.